The monoisotopic (exact) mass is 462 g/mol. The third-order valence-corrected chi connectivity index (χ3v) is 6.94. The van der Waals surface area contributed by atoms with Crippen molar-refractivity contribution in [1.82, 2.24) is 14.9 Å². The summed E-state index contributed by atoms with van der Waals surface area (Å²) in [6, 6.07) is 8.39. The maximum absolute atomic E-state index is 12.7. The lowest BCUT2D eigenvalue weighted by Crippen LogP contribution is -2.47. The van der Waals surface area contributed by atoms with Crippen LogP contribution in [-0.2, 0) is 19.6 Å². The van der Waals surface area contributed by atoms with Crippen molar-refractivity contribution in [3.05, 3.63) is 48.4 Å². The molecular formula is C22H30N4O5S. The number of rotatable bonds is 9. The highest BCUT2D eigenvalue weighted by atomic mass is 32.2. The highest BCUT2D eigenvalue weighted by molar-refractivity contribution is 7.89. The molecule has 32 heavy (non-hydrogen) atoms. The van der Waals surface area contributed by atoms with Crippen LogP contribution in [0.2, 0.25) is 0 Å². The summed E-state index contributed by atoms with van der Waals surface area (Å²) in [7, 11) is -3.90. The van der Waals surface area contributed by atoms with E-state index in [1.165, 1.54) is 44.5 Å². The number of nitrogens with one attached hydrogen (secondary N) is 3. The zero-order valence-electron chi connectivity index (χ0n) is 18.3. The number of likely N-dealkylation sites (tertiary alicyclic amines) is 1. The summed E-state index contributed by atoms with van der Waals surface area (Å²) in [6.07, 6.45) is 5.00. The van der Waals surface area contributed by atoms with E-state index < -0.39 is 22.0 Å². The molecule has 0 bridgehead atoms. The number of carbonyl (C=O) groups is 2. The van der Waals surface area contributed by atoms with Gasteiger partial charge in [0.1, 0.15) is 5.76 Å². The molecule has 1 saturated heterocycles. The van der Waals surface area contributed by atoms with E-state index in [1.807, 2.05) is 12.1 Å². The summed E-state index contributed by atoms with van der Waals surface area (Å²) in [5, 5.41) is 5.44. The largest absolute Gasteiger partial charge is 0.468 e. The Labute approximate surface area is 188 Å². The number of sulfonamides is 1. The van der Waals surface area contributed by atoms with Crippen LogP contribution >= 0.6 is 0 Å². The van der Waals surface area contributed by atoms with Crippen LogP contribution in [0.3, 0.4) is 0 Å². The van der Waals surface area contributed by atoms with Crippen molar-refractivity contribution in [3.63, 3.8) is 0 Å². The van der Waals surface area contributed by atoms with Gasteiger partial charge in [0.05, 0.1) is 23.2 Å². The second-order valence-corrected chi connectivity index (χ2v) is 9.64. The first-order valence-corrected chi connectivity index (χ1v) is 12.2. The molecule has 2 heterocycles. The van der Waals surface area contributed by atoms with Crippen LogP contribution in [0.4, 0.5) is 5.69 Å². The van der Waals surface area contributed by atoms with Crippen molar-refractivity contribution in [2.24, 2.45) is 0 Å². The normalized spacial score (nSPS) is 16.8. The van der Waals surface area contributed by atoms with Gasteiger partial charge in [0.15, 0.2) is 0 Å². The minimum Gasteiger partial charge on any atom is -0.468 e. The van der Waals surface area contributed by atoms with Gasteiger partial charge < -0.3 is 15.1 Å². The average Bonchev–Trinajstić information content (AvgIpc) is 3.29. The second kappa shape index (κ2) is 10.8. The minimum absolute atomic E-state index is 0.00744. The van der Waals surface area contributed by atoms with Crippen LogP contribution in [0.1, 0.15) is 44.9 Å². The quantitative estimate of drug-likeness (QED) is 0.526. The number of hydrogen-bond donors (Lipinski definition) is 3. The number of anilines is 1. The fourth-order valence-corrected chi connectivity index (χ4v) is 4.95. The lowest BCUT2D eigenvalue weighted by atomic mass is 10.1. The molecule has 0 saturated carbocycles. The van der Waals surface area contributed by atoms with E-state index in [4.69, 9.17) is 4.42 Å². The summed E-state index contributed by atoms with van der Waals surface area (Å²) in [6.45, 7) is 5.05. The number of amides is 2. The summed E-state index contributed by atoms with van der Waals surface area (Å²) in [4.78, 5) is 26.0. The Balaban J connectivity index is 1.59. The van der Waals surface area contributed by atoms with E-state index in [9.17, 15) is 18.0 Å². The van der Waals surface area contributed by atoms with Gasteiger partial charge in [-0.25, -0.2) is 8.42 Å². The van der Waals surface area contributed by atoms with Gasteiger partial charge in [-0.05, 0) is 69.3 Å². The first-order chi connectivity index (χ1) is 15.3. The average molecular weight is 463 g/mol. The lowest BCUT2D eigenvalue weighted by molar-refractivity contribution is -0.122. The van der Waals surface area contributed by atoms with Crippen molar-refractivity contribution in [3.8, 4) is 0 Å². The molecule has 0 radical (unpaired) electrons. The number of carbonyl (C=O) groups excluding carboxylic acids is 2. The molecule has 9 nitrogen and oxygen atoms in total. The van der Waals surface area contributed by atoms with E-state index in [2.05, 4.69) is 20.3 Å². The Kier molecular flexibility index (Phi) is 8.05. The Morgan fingerprint density at radius 3 is 2.38 bits per heavy atom. The molecule has 0 spiro atoms. The first-order valence-electron chi connectivity index (χ1n) is 10.7. The smallest absolute Gasteiger partial charge is 0.241 e. The predicted octanol–water partition coefficient (Wildman–Crippen LogP) is 2.25. The molecule has 0 aliphatic carbocycles. The SMILES string of the molecule is CC(=O)Nc1ccc(S(=O)(=O)N[C@H](C)C(=O)NC[C@H](c2ccco2)N2CCCCC2)cc1. The van der Waals surface area contributed by atoms with Crippen LogP contribution in [0, 0.1) is 0 Å². The zero-order valence-corrected chi connectivity index (χ0v) is 19.2. The van der Waals surface area contributed by atoms with Gasteiger partial charge in [0.25, 0.3) is 0 Å². The number of piperidine rings is 1. The van der Waals surface area contributed by atoms with Crippen LogP contribution in [-0.4, -0.2) is 50.8 Å². The van der Waals surface area contributed by atoms with Crippen LogP contribution in [0.25, 0.3) is 0 Å². The fraction of sp³-hybridized carbons (Fsp3) is 0.455. The Bertz CT molecular complexity index is 999. The van der Waals surface area contributed by atoms with Gasteiger partial charge in [0.2, 0.25) is 21.8 Å². The van der Waals surface area contributed by atoms with Gasteiger partial charge in [-0.2, -0.15) is 4.72 Å². The van der Waals surface area contributed by atoms with Crippen molar-refractivity contribution in [2.75, 3.05) is 25.0 Å². The van der Waals surface area contributed by atoms with E-state index in [0.29, 0.717) is 12.2 Å². The Morgan fingerprint density at radius 2 is 1.78 bits per heavy atom. The lowest BCUT2D eigenvalue weighted by Gasteiger charge is -2.33. The molecule has 0 unspecified atom stereocenters. The van der Waals surface area contributed by atoms with Crippen molar-refractivity contribution >= 4 is 27.5 Å². The van der Waals surface area contributed by atoms with E-state index in [1.54, 1.807) is 6.26 Å². The van der Waals surface area contributed by atoms with E-state index in [0.717, 1.165) is 31.7 Å². The molecule has 1 aliphatic rings. The van der Waals surface area contributed by atoms with E-state index in [-0.39, 0.29) is 16.8 Å². The van der Waals surface area contributed by atoms with Crippen LogP contribution in [0.15, 0.2) is 52.0 Å². The number of benzene rings is 1. The van der Waals surface area contributed by atoms with E-state index >= 15 is 0 Å². The van der Waals surface area contributed by atoms with Crippen molar-refractivity contribution in [2.45, 2.75) is 50.1 Å². The molecular weight excluding hydrogens is 432 g/mol. The van der Waals surface area contributed by atoms with Crippen LogP contribution < -0.4 is 15.4 Å². The summed E-state index contributed by atoms with van der Waals surface area (Å²) in [5.41, 5.74) is 0.490. The molecule has 3 rings (SSSR count). The molecule has 2 aromatic rings. The number of hydrogen-bond acceptors (Lipinski definition) is 6. The molecule has 1 aliphatic heterocycles. The molecule has 174 valence electrons. The molecule has 3 N–H and O–H groups in total. The highest BCUT2D eigenvalue weighted by Crippen LogP contribution is 2.24. The molecule has 1 fully saturated rings. The maximum atomic E-state index is 12.7. The predicted molar refractivity (Wildman–Crippen MR) is 120 cm³/mol. The van der Waals surface area contributed by atoms with Gasteiger partial charge in [-0.15, -0.1) is 0 Å². The minimum atomic E-state index is -3.90. The van der Waals surface area contributed by atoms with Crippen molar-refractivity contribution in [1.29, 1.82) is 0 Å². The standard InChI is InChI=1S/C22H30N4O5S/c1-16(25-32(29,30)19-10-8-18(9-11-19)24-17(2)27)22(28)23-15-20(21-7-6-14-31-21)26-12-4-3-5-13-26/h6-11,14,16,20,25H,3-5,12-13,15H2,1-2H3,(H,23,28)(H,24,27)/t16-,20-/m1/s1. The maximum Gasteiger partial charge on any atom is 0.241 e. The summed E-state index contributed by atoms with van der Waals surface area (Å²) < 4.78 is 33.3. The molecule has 2 atom stereocenters. The second-order valence-electron chi connectivity index (χ2n) is 7.92. The van der Waals surface area contributed by atoms with Gasteiger partial charge >= 0.3 is 0 Å². The first kappa shape index (κ1) is 24.0. The number of nitrogens with zero attached hydrogens (tertiary/aromatic N) is 1. The van der Waals surface area contributed by atoms with Gasteiger partial charge in [-0.3, -0.25) is 14.5 Å². The highest BCUT2D eigenvalue weighted by Gasteiger charge is 2.27. The van der Waals surface area contributed by atoms with Crippen LogP contribution in [0.5, 0.6) is 0 Å². The third kappa shape index (κ3) is 6.41. The molecule has 1 aromatic carbocycles. The Morgan fingerprint density at radius 1 is 1.09 bits per heavy atom. The van der Waals surface area contributed by atoms with Crippen molar-refractivity contribution < 1.29 is 22.4 Å². The summed E-state index contributed by atoms with van der Waals surface area (Å²) in [5.74, 6) is 0.109. The topological polar surface area (TPSA) is 121 Å². The fourth-order valence-electron chi connectivity index (χ4n) is 3.75. The molecule has 2 amide bonds. The van der Waals surface area contributed by atoms with Gasteiger partial charge in [-0.1, -0.05) is 6.42 Å². The molecule has 10 heteroatoms. The zero-order chi connectivity index (χ0) is 23.1. The Hall–Kier alpha value is -2.69. The number of furan rings is 1. The van der Waals surface area contributed by atoms with Gasteiger partial charge in [0, 0.05) is 19.2 Å². The molecule has 1 aromatic heterocycles. The summed E-state index contributed by atoms with van der Waals surface area (Å²) >= 11 is 0. The third-order valence-electron chi connectivity index (χ3n) is 5.38.